The molecule has 2 aromatic carbocycles. The molecule has 0 saturated carbocycles. The summed E-state index contributed by atoms with van der Waals surface area (Å²) in [6, 6.07) is 9.16. The Balaban J connectivity index is 1.97. The second-order valence-electron chi connectivity index (χ2n) is 6.89. The van der Waals surface area contributed by atoms with Crippen LogP contribution in [0.4, 0.5) is 18.9 Å². The van der Waals surface area contributed by atoms with E-state index >= 15 is 0 Å². The molecule has 2 aromatic rings. The topological polar surface area (TPSA) is 64.8 Å². The zero-order valence-corrected chi connectivity index (χ0v) is 18.4. The van der Waals surface area contributed by atoms with Crippen LogP contribution in [-0.2, 0) is 0 Å². The van der Waals surface area contributed by atoms with Crippen molar-refractivity contribution in [2.45, 2.75) is 31.6 Å². The average molecular weight is 489 g/mol. The van der Waals surface area contributed by atoms with Gasteiger partial charge in [-0.05, 0) is 35.4 Å². The van der Waals surface area contributed by atoms with E-state index in [0.29, 0.717) is 22.8 Å². The van der Waals surface area contributed by atoms with E-state index in [2.05, 4.69) is 11.4 Å². The SMILES string of the molecule is CCC1NC(N)=[N+]1c1ccc(C=CC(c2cc(Cl)c(Cl)c(Cl)c2)C(F)(F)F)cc1C#N. The molecule has 31 heavy (non-hydrogen) atoms. The Kier molecular flexibility index (Phi) is 6.75. The molecule has 0 spiro atoms. The summed E-state index contributed by atoms with van der Waals surface area (Å²) >= 11 is 17.7. The van der Waals surface area contributed by atoms with Crippen molar-refractivity contribution >= 4 is 52.5 Å². The lowest BCUT2D eigenvalue weighted by molar-refractivity contribution is -0.526. The maximum atomic E-state index is 13.7. The third kappa shape index (κ3) is 4.77. The Labute approximate surface area is 192 Å². The number of nitrogens with one attached hydrogen (secondary N) is 1. The van der Waals surface area contributed by atoms with Gasteiger partial charge in [0, 0.05) is 6.42 Å². The maximum absolute atomic E-state index is 13.7. The van der Waals surface area contributed by atoms with Crippen LogP contribution in [0.1, 0.15) is 36.0 Å². The fraction of sp³-hybridized carbons (Fsp3) is 0.238. The summed E-state index contributed by atoms with van der Waals surface area (Å²) in [5, 5.41) is 12.4. The van der Waals surface area contributed by atoms with Crippen LogP contribution >= 0.6 is 34.8 Å². The van der Waals surface area contributed by atoms with E-state index in [4.69, 9.17) is 40.5 Å². The molecule has 0 fully saturated rings. The number of nitrogens with zero attached hydrogens (tertiary/aromatic N) is 2. The van der Waals surface area contributed by atoms with Gasteiger partial charge in [-0.15, -0.1) is 0 Å². The lowest BCUT2D eigenvalue weighted by Gasteiger charge is -2.28. The molecule has 0 saturated heterocycles. The molecule has 10 heteroatoms. The van der Waals surface area contributed by atoms with E-state index < -0.39 is 12.1 Å². The second-order valence-corrected chi connectivity index (χ2v) is 8.08. The minimum atomic E-state index is -4.59. The first kappa shape index (κ1) is 23.3. The summed E-state index contributed by atoms with van der Waals surface area (Å²) in [6.45, 7) is 1.97. The lowest BCUT2D eigenvalue weighted by Crippen LogP contribution is -2.60. The predicted octanol–water partition coefficient (Wildman–Crippen LogP) is 6.18. The Morgan fingerprint density at radius 2 is 1.87 bits per heavy atom. The van der Waals surface area contributed by atoms with E-state index in [-0.39, 0.29) is 26.8 Å². The monoisotopic (exact) mass is 487 g/mol. The molecule has 1 heterocycles. The molecule has 4 nitrogen and oxygen atoms in total. The molecule has 3 N–H and O–H groups in total. The number of halogens is 6. The molecule has 2 atom stereocenters. The normalized spacial score (nSPS) is 17.3. The molecular weight excluding hydrogens is 472 g/mol. The quantitative estimate of drug-likeness (QED) is 0.390. The Morgan fingerprint density at radius 1 is 1.23 bits per heavy atom. The predicted molar refractivity (Wildman–Crippen MR) is 117 cm³/mol. The van der Waals surface area contributed by atoms with Gasteiger partial charge in [0.2, 0.25) is 0 Å². The fourth-order valence-electron chi connectivity index (χ4n) is 3.32. The fourth-order valence-corrected chi connectivity index (χ4v) is 3.93. The Morgan fingerprint density at radius 3 is 2.39 bits per heavy atom. The van der Waals surface area contributed by atoms with Crippen molar-refractivity contribution in [3.05, 3.63) is 68.2 Å². The van der Waals surface area contributed by atoms with Crippen molar-refractivity contribution in [2.75, 3.05) is 0 Å². The van der Waals surface area contributed by atoms with Crippen LogP contribution in [0.3, 0.4) is 0 Å². The van der Waals surface area contributed by atoms with Crippen LogP contribution < -0.4 is 11.1 Å². The Bertz CT molecular complexity index is 1100. The first-order valence-corrected chi connectivity index (χ1v) is 10.3. The summed E-state index contributed by atoms with van der Waals surface area (Å²) in [5.74, 6) is -1.54. The van der Waals surface area contributed by atoms with E-state index in [1.54, 1.807) is 16.7 Å². The largest absolute Gasteiger partial charge is 0.399 e. The highest BCUT2D eigenvalue weighted by Gasteiger charge is 2.39. The van der Waals surface area contributed by atoms with Gasteiger partial charge in [0.05, 0.1) is 26.5 Å². The molecule has 0 radical (unpaired) electrons. The minimum absolute atomic E-state index is 0.00631. The number of nitriles is 1. The third-order valence-electron chi connectivity index (χ3n) is 4.87. The summed E-state index contributed by atoms with van der Waals surface area (Å²) < 4.78 is 42.9. The molecule has 162 valence electrons. The van der Waals surface area contributed by atoms with Crippen molar-refractivity contribution in [2.24, 2.45) is 5.73 Å². The highest BCUT2D eigenvalue weighted by molar-refractivity contribution is 6.48. The molecule has 3 rings (SSSR count). The Hall–Kier alpha value is -2.40. The first-order chi connectivity index (χ1) is 14.6. The van der Waals surface area contributed by atoms with Crippen LogP contribution in [0.2, 0.25) is 15.1 Å². The number of benzene rings is 2. The van der Waals surface area contributed by atoms with E-state index in [9.17, 15) is 18.4 Å². The van der Waals surface area contributed by atoms with Crippen LogP contribution in [0.25, 0.3) is 6.08 Å². The number of alkyl halides is 3. The van der Waals surface area contributed by atoms with Gasteiger partial charge in [-0.1, -0.05) is 59.9 Å². The van der Waals surface area contributed by atoms with Gasteiger partial charge in [-0.25, -0.2) is 5.32 Å². The van der Waals surface area contributed by atoms with Crippen LogP contribution in [0.15, 0.2) is 36.4 Å². The molecule has 0 bridgehead atoms. The molecule has 1 aliphatic heterocycles. The summed E-state index contributed by atoms with van der Waals surface area (Å²) in [7, 11) is 0. The van der Waals surface area contributed by atoms with Crippen LogP contribution in [-0.4, -0.2) is 22.9 Å². The van der Waals surface area contributed by atoms with Gasteiger partial charge in [-0.2, -0.15) is 23.0 Å². The van der Waals surface area contributed by atoms with Crippen molar-refractivity contribution in [3.63, 3.8) is 0 Å². The zero-order valence-electron chi connectivity index (χ0n) is 16.1. The van der Waals surface area contributed by atoms with E-state index in [1.807, 2.05) is 6.92 Å². The molecule has 2 unspecified atom stereocenters. The summed E-state index contributed by atoms with van der Waals surface area (Å²) in [4.78, 5) is 0. The van der Waals surface area contributed by atoms with E-state index in [1.165, 1.54) is 12.1 Å². The van der Waals surface area contributed by atoms with Crippen molar-refractivity contribution < 1.29 is 17.7 Å². The van der Waals surface area contributed by atoms with Crippen LogP contribution in [0.5, 0.6) is 0 Å². The molecule has 0 amide bonds. The zero-order chi connectivity index (χ0) is 22.9. The number of hydrogen-bond acceptors (Lipinski definition) is 3. The van der Waals surface area contributed by atoms with Crippen molar-refractivity contribution in [1.29, 1.82) is 5.26 Å². The molecular formula is C21H17Cl3F3N4+. The van der Waals surface area contributed by atoms with E-state index in [0.717, 1.165) is 24.6 Å². The van der Waals surface area contributed by atoms with Crippen LogP contribution in [0, 0.1) is 11.3 Å². The highest BCUT2D eigenvalue weighted by Crippen LogP contribution is 2.41. The van der Waals surface area contributed by atoms with Crippen molar-refractivity contribution in [1.82, 2.24) is 5.32 Å². The molecule has 1 aliphatic rings. The number of nitrogens with two attached hydrogens (primary N) is 1. The molecule has 0 aromatic heterocycles. The second kappa shape index (κ2) is 8.99. The third-order valence-corrected chi connectivity index (χ3v) is 6.07. The smallest absolute Gasteiger partial charge is 0.290 e. The van der Waals surface area contributed by atoms with Gasteiger partial charge in [0.15, 0.2) is 6.17 Å². The number of rotatable bonds is 5. The van der Waals surface area contributed by atoms with Gasteiger partial charge in [0.25, 0.3) is 0 Å². The van der Waals surface area contributed by atoms with Crippen molar-refractivity contribution in [3.8, 4) is 6.07 Å². The number of hydrogen-bond donors (Lipinski definition) is 2. The highest BCUT2D eigenvalue weighted by atomic mass is 35.5. The average Bonchev–Trinajstić information content (AvgIpc) is 2.69. The van der Waals surface area contributed by atoms with Gasteiger partial charge < -0.3 is 0 Å². The van der Waals surface area contributed by atoms with Gasteiger partial charge in [0.1, 0.15) is 11.8 Å². The standard InChI is InChI=1S/C21H16Cl3F3N4/c1-2-18-30-20(29)31(18)17-6-4-11(7-13(17)10-28)3-5-14(21(25,26)27)12-8-15(22)19(24)16(23)9-12/h3-9,14,18H,2H2,1H3,(H2,29,30)/p+1. The molecule has 0 aliphatic carbocycles. The number of allylic oxidation sites excluding steroid dienone is 1. The number of guanidine groups is 1. The first-order valence-electron chi connectivity index (χ1n) is 9.18. The summed E-state index contributed by atoms with van der Waals surface area (Å²) in [6.07, 6.45) is -1.57. The lowest BCUT2D eigenvalue weighted by atomic mass is 9.96. The van der Waals surface area contributed by atoms with Gasteiger partial charge >= 0.3 is 12.1 Å². The maximum Gasteiger partial charge on any atom is 0.399 e. The minimum Gasteiger partial charge on any atom is -0.290 e. The summed E-state index contributed by atoms with van der Waals surface area (Å²) in [5.41, 5.74) is 7.06. The van der Waals surface area contributed by atoms with Gasteiger partial charge in [-0.3, -0.25) is 5.73 Å².